The zero-order chi connectivity index (χ0) is 10.9. The first-order valence-corrected chi connectivity index (χ1v) is 5.24. The summed E-state index contributed by atoms with van der Waals surface area (Å²) in [6, 6.07) is 0. The Labute approximate surface area is 78.9 Å². The molecular formula is C5H11O8P. The van der Waals surface area contributed by atoms with Gasteiger partial charge in [-0.25, -0.2) is 4.57 Å². The van der Waals surface area contributed by atoms with Crippen LogP contribution in [0.2, 0.25) is 0 Å². The maximum Gasteiger partial charge on any atom is 0.469 e. The second-order valence-electron chi connectivity index (χ2n) is 2.83. The van der Waals surface area contributed by atoms with Crippen molar-refractivity contribution in [3.63, 3.8) is 0 Å². The number of hydrogen-bond donors (Lipinski definition) is 5. The third-order valence-electron chi connectivity index (χ3n) is 1.74. The molecule has 1 aliphatic rings. The third kappa shape index (κ3) is 2.97. The summed E-state index contributed by atoms with van der Waals surface area (Å²) < 4.78 is 18.9. The Kier molecular flexibility index (Phi) is 3.62. The van der Waals surface area contributed by atoms with Crippen molar-refractivity contribution in [2.24, 2.45) is 0 Å². The summed E-state index contributed by atoms with van der Waals surface area (Å²) in [5.41, 5.74) is 0. The van der Waals surface area contributed by atoms with Crippen molar-refractivity contribution in [2.45, 2.75) is 24.6 Å². The first-order valence-electron chi connectivity index (χ1n) is 3.71. The van der Waals surface area contributed by atoms with Gasteiger partial charge in [0, 0.05) is 0 Å². The lowest BCUT2D eigenvalue weighted by atomic mass is 10.1. The van der Waals surface area contributed by atoms with E-state index >= 15 is 0 Å². The molecule has 1 fully saturated rings. The van der Waals surface area contributed by atoms with Crippen LogP contribution in [0.3, 0.4) is 0 Å². The lowest BCUT2D eigenvalue weighted by Gasteiger charge is -2.14. The Morgan fingerprint density at radius 3 is 2.14 bits per heavy atom. The number of ether oxygens (including phenoxy) is 1. The number of hydrogen-bond acceptors (Lipinski definition) is 6. The lowest BCUT2D eigenvalue weighted by Crippen LogP contribution is -2.34. The standard InChI is InChI=1S/C5H11O8P/c6-3-2(1-12-14(9,10)11)13-5(8)4(3)7/h2-8H,1H2,(H2,9,10,11)/t2-,3?,4?,5?/m1/s1. The molecule has 3 unspecified atom stereocenters. The van der Waals surface area contributed by atoms with E-state index in [1.54, 1.807) is 0 Å². The average molecular weight is 230 g/mol. The van der Waals surface area contributed by atoms with E-state index in [0.29, 0.717) is 0 Å². The van der Waals surface area contributed by atoms with E-state index in [4.69, 9.17) is 25.1 Å². The van der Waals surface area contributed by atoms with Gasteiger partial charge < -0.3 is 29.8 Å². The van der Waals surface area contributed by atoms with E-state index in [9.17, 15) is 4.57 Å². The van der Waals surface area contributed by atoms with Crippen LogP contribution in [0, 0.1) is 0 Å². The largest absolute Gasteiger partial charge is 0.469 e. The average Bonchev–Trinajstić information content (AvgIpc) is 2.28. The van der Waals surface area contributed by atoms with E-state index in [1.165, 1.54) is 0 Å². The molecule has 1 heterocycles. The van der Waals surface area contributed by atoms with Gasteiger partial charge in [-0.3, -0.25) is 4.52 Å². The predicted octanol–water partition coefficient (Wildman–Crippen LogP) is -2.47. The van der Waals surface area contributed by atoms with Crippen molar-refractivity contribution in [1.29, 1.82) is 0 Å². The van der Waals surface area contributed by atoms with Gasteiger partial charge in [0.25, 0.3) is 0 Å². The number of rotatable bonds is 3. The molecule has 8 nitrogen and oxygen atoms in total. The van der Waals surface area contributed by atoms with Crippen molar-refractivity contribution < 1.29 is 38.9 Å². The Bertz CT molecular complexity index is 238. The van der Waals surface area contributed by atoms with Crippen LogP contribution in [0.25, 0.3) is 0 Å². The zero-order valence-corrected chi connectivity index (χ0v) is 7.82. The van der Waals surface area contributed by atoms with Gasteiger partial charge in [0.1, 0.15) is 18.3 Å². The quantitative estimate of drug-likeness (QED) is 0.336. The maximum absolute atomic E-state index is 10.3. The molecule has 0 aromatic carbocycles. The molecule has 0 bridgehead atoms. The number of aliphatic hydroxyl groups is 3. The van der Waals surface area contributed by atoms with Crippen LogP contribution in [-0.4, -0.2) is 56.3 Å². The first kappa shape index (κ1) is 12.0. The van der Waals surface area contributed by atoms with Gasteiger partial charge in [-0.15, -0.1) is 0 Å². The first-order chi connectivity index (χ1) is 6.31. The van der Waals surface area contributed by atoms with Crippen LogP contribution in [0.1, 0.15) is 0 Å². The minimum Gasteiger partial charge on any atom is -0.387 e. The van der Waals surface area contributed by atoms with Crippen molar-refractivity contribution in [3.8, 4) is 0 Å². The molecule has 9 heteroatoms. The van der Waals surface area contributed by atoms with Crippen LogP contribution < -0.4 is 0 Å². The molecule has 84 valence electrons. The van der Waals surface area contributed by atoms with Crippen molar-refractivity contribution >= 4 is 7.82 Å². The third-order valence-corrected chi connectivity index (χ3v) is 2.23. The maximum atomic E-state index is 10.3. The van der Waals surface area contributed by atoms with Gasteiger partial charge >= 0.3 is 7.82 Å². The van der Waals surface area contributed by atoms with E-state index in [2.05, 4.69) is 9.26 Å². The molecule has 4 atom stereocenters. The van der Waals surface area contributed by atoms with Gasteiger partial charge in [-0.1, -0.05) is 0 Å². The van der Waals surface area contributed by atoms with Gasteiger partial charge in [-0.05, 0) is 0 Å². The fourth-order valence-electron chi connectivity index (χ4n) is 1.04. The highest BCUT2D eigenvalue weighted by molar-refractivity contribution is 7.46. The number of phosphoric acid groups is 1. The molecule has 0 radical (unpaired) electrons. The molecule has 14 heavy (non-hydrogen) atoms. The Morgan fingerprint density at radius 2 is 1.79 bits per heavy atom. The predicted molar refractivity (Wildman–Crippen MR) is 40.9 cm³/mol. The van der Waals surface area contributed by atoms with Crippen molar-refractivity contribution in [2.75, 3.05) is 6.61 Å². The SMILES string of the molecule is O=P(O)(O)OC[C@H]1OC(O)C(O)C1O. The fraction of sp³-hybridized carbons (Fsp3) is 1.00. The Morgan fingerprint density at radius 1 is 1.21 bits per heavy atom. The second-order valence-corrected chi connectivity index (χ2v) is 4.07. The Balaban J connectivity index is 2.44. The van der Waals surface area contributed by atoms with Gasteiger partial charge in [-0.2, -0.15) is 0 Å². The molecule has 1 rings (SSSR count). The van der Waals surface area contributed by atoms with Gasteiger partial charge in [0.2, 0.25) is 0 Å². The summed E-state index contributed by atoms with van der Waals surface area (Å²) in [6.07, 6.45) is -5.67. The number of aliphatic hydroxyl groups excluding tert-OH is 3. The van der Waals surface area contributed by atoms with Crippen LogP contribution in [0.4, 0.5) is 0 Å². The van der Waals surface area contributed by atoms with Gasteiger partial charge in [0.05, 0.1) is 6.61 Å². The van der Waals surface area contributed by atoms with E-state index in [0.717, 1.165) is 0 Å². The monoisotopic (exact) mass is 230 g/mol. The lowest BCUT2D eigenvalue weighted by molar-refractivity contribution is -0.132. The summed E-state index contributed by atoms with van der Waals surface area (Å²) >= 11 is 0. The summed E-state index contributed by atoms with van der Waals surface area (Å²) in [6.45, 7) is -0.612. The molecule has 0 amide bonds. The van der Waals surface area contributed by atoms with Crippen LogP contribution in [0.15, 0.2) is 0 Å². The highest BCUT2D eigenvalue weighted by Crippen LogP contribution is 2.36. The molecule has 0 aliphatic carbocycles. The fourth-order valence-corrected chi connectivity index (χ4v) is 1.38. The molecule has 0 aromatic rings. The van der Waals surface area contributed by atoms with Crippen LogP contribution in [-0.2, 0) is 13.8 Å². The van der Waals surface area contributed by atoms with Crippen molar-refractivity contribution in [3.05, 3.63) is 0 Å². The summed E-state index contributed by atoms with van der Waals surface area (Å²) in [5, 5.41) is 27.0. The highest BCUT2D eigenvalue weighted by Gasteiger charge is 2.42. The highest BCUT2D eigenvalue weighted by atomic mass is 31.2. The van der Waals surface area contributed by atoms with E-state index in [1.807, 2.05) is 0 Å². The van der Waals surface area contributed by atoms with Crippen molar-refractivity contribution in [1.82, 2.24) is 0 Å². The molecule has 1 saturated heterocycles. The van der Waals surface area contributed by atoms with E-state index in [-0.39, 0.29) is 0 Å². The van der Waals surface area contributed by atoms with Gasteiger partial charge in [0.15, 0.2) is 6.29 Å². The molecule has 0 spiro atoms. The molecule has 0 aromatic heterocycles. The molecule has 1 aliphatic heterocycles. The minimum atomic E-state index is -4.64. The van der Waals surface area contributed by atoms with Crippen LogP contribution >= 0.6 is 7.82 Å². The van der Waals surface area contributed by atoms with E-state index < -0.39 is 39.0 Å². The molecule has 5 N–H and O–H groups in total. The van der Waals surface area contributed by atoms with Crippen LogP contribution in [0.5, 0.6) is 0 Å². The normalized spacial score (nSPS) is 38.9. The Hall–Kier alpha value is -0.0500. The zero-order valence-electron chi connectivity index (χ0n) is 6.92. The number of phosphoric ester groups is 1. The summed E-state index contributed by atoms with van der Waals surface area (Å²) in [4.78, 5) is 16.6. The second kappa shape index (κ2) is 4.21. The summed E-state index contributed by atoms with van der Waals surface area (Å²) in [5.74, 6) is 0. The smallest absolute Gasteiger partial charge is 0.387 e. The molecule has 0 saturated carbocycles. The minimum absolute atomic E-state index is 0.612. The molecular weight excluding hydrogens is 219 g/mol. The summed E-state index contributed by atoms with van der Waals surface area (Å²) in [7, 11) is -4.64. The topological polar surface area (TPSA) is 137 Å².